The fourth-order valence-corrected chi connectivity index (χ4v) is 8.34. The molecule has 0 bridgehead atoms. The molecule has 386 valence electrons. The van der Waals surface area contributed by atoms with E-state index in [0.29, 0.717) is 45.3 Å². The Hall–Kier alpha value is -2.89. The second-order valence-electron chi connectivity index (χ2n) is 18.9. The molecule has 0 radical (unpaired) electrons. The number of nitrogens with zero attached hydrogens (tertiary/aromatic N) is 1. The molecular formula is C54H99NO11. The average Bonchev–Trinajstić information content (AvgIpc) is 3.32. The van der Waals surface area contributed by atoms with Gasteiger partial charge in [-0.3, -0.25) is 19.2 Å². The summed E-state index contributed by atoms with van der Waals surface area (Å²) in [7, 11) is 0. The predicted octanol–water partition coefficient (Wildman–Crippen LogP) is 13.6. The van der Waals surface area contributed by atoms with Gasteiger partial charge in [-0.2, -0.15) is 0 Å². The quantitative estimate of drug-likeness (QED) is 0.0325. The third-order valence-corrected chi connectivity index (χ3v) is 12.6. The normalized spacial score (nSPS) is 13.7. The number of esters is 4. The van der Waals surface area contributed by atoms with Crippen molar-refractivity contribution in [3.63, 3.8) is 0 Å². The third-order valence-electron chi connectivity index (χ3n) is 12.6. The predicted molar refractivity (Wildman–Crippen MR) is 263 cm³/mol. The Morgan fingerprint density at radius 1 is 0.394 bits per heavy atom. The number of carbonyl (C=O) groups excluding carboxylic acids is 5. The van der Waals surface area contributed by atoms with Crippen LogP contribution in [0.1, 0.15) is 245 Å². The molecule has 1 saturated heterocycles. The zero-order valence-corrected chi connectivity index (χ0v) is 42.7. The number of carbonyl (C=O) groups is 5. The van der Waals surface area contributed by atoms with Crippen molar-refractivity contribution in [2.45, 2.75) is 245 Å². The first-order valence-corrected chi connectivity index (χ1v) is 27.4. The summed E-state index contributed by atoms with van der Waals surface area (Å²) < 4.78 is 32.8. The molecule has 0 N–H and O–H groups in total. The number of hydrogen-bond acceptors (Lipinski definition) is 12. The summed E-state index contributed by atoms with van der Waals surface area (Å²) in [6.07, 6.45) is 33.9. The van der Waals surface area contributed by atoms with Crippen molar-refractivity contribution in [3.8, 4) is 0 Å². The molecule has 0 aliphatic carbocycles. The van der Waals surface area contributed by atoms with E-state index in [-0.39, 0.29) is 63.1 Å². The number of likely N-dealkylation sites (tertiary alicyclic amines) is 1. The van der Waals surface area contributed by atoms with E-state index in [1.165, 1.54) is 109 Å². The standard InChI is InChI=1S/C54H99NO11/c1-4-7-10-13-15-16-20-31-42-61-50(56)36-27-22-28-38-52(58)65-46-48(47-66-54(60)63-44-33-41-55-39-29-23-30-40-55)45-64-51(57)37-26-19-17-21-32-43-62-53(59)49(34-24-12-9-6-3)35-25-18-14-11-8-5-2/h48-49H,4-47H2,1-3H3. The fraction of sp³-hybridized carbons (Fsp3) is 0.907. The number of piperidine rings is 1. The molecule has 1 rings (SSSR count). The number of rotatable bonds is 46. The maximum atomic E-state index is 12.9. The molecule has 1 aliphatic heterocycles. The van der Waals surface area contributed by atoms with Crippen LogP contribution in [0.2, 0.25) is 0 Å². The van der Waals surface area contributed by atoms with Crippen LogP contribution in [-0.2, 0) is 47.6 Å². The minimum atomic E-state index is -0.794. The first kappa shape index (κ1) is 61.1. The summed E-state index contributed by atoms with van der Waals surface area (Å²) >= 11 is 0. The van der Waals surface area contributed by atoms with Crippen molar-refractivity contribution in [1.82, 2.24) is 4.90 Å². The number of ether oxygens (including phenoxy) is 6. The topological polar surface area (TPSA) is 144 Å². The summed E-state index contributed by atoms with van der Waals surface area (Å²) in [5, 5.41) is 0. The second-order valence-corrected chi connectivity index (χ2v) is 18.9. The third kappa shape index (κ3) is 39.1. The minimum absolute atomic E-state index is 0.0132. The van der Waals surface area contributed by atoms with Gasteiger partial charge in [-0.05, 0) is 77.3 Å². The lowest BCUT2D eigenvalue weighted by atomic mass is 9.94. The number of unbranched alkanes of at least 4 members (excludes halogenated alkanes) is 21. The number of hydrogen-bond donors (Lipinski definition) is 0. The SMILES string of the molecule is CCCCCCCCCCOC(=O)CCCCCC(=O)OCC(COC(=O)CCCCCCCOC(=O)C(CCCCCC)CCCCCCCC)COC(=O)OCCCN1CCCCC1. The van der Waals surface area contributed by atoms with Gasteiger partial charge in [0.25, 0.3) is 0 Å². The van der Waals surface area contributed by atoms with E-state index >= 15 is 0 Å². The molecule has 1 aliphatic rings. The van der Waals surface area contributed by atoms with Crippen LogP contribution >= 0.6 is 0 Å². The Balaban J connectivity index is 2.37. The summed E-state index contributed by atoms with van der Waals surface area (Å²) in [5.74, 6) is -1.50. The van der Waals surface area contributed by atoms with Crippen molar-refractivity contribution >= 4 is 30.0 Å². The lowest BCUT2D eigenvalue weighted by Gasteiger charge is -2.26. The largest absolute Gasteiger partial charge is 0.508 e. The van der Waals surface area contributed by atoms with Crippen LogP contribution in [0.15, 0.2) is 0 Å². The molecule has 1 fully saturated rings. The first-order chi connectivity index (χ1) is 32.3. The lowest BCUT2D eigenvalue weighted by Crippen LogP contribution is -2.31. The molecule has 0 aromatic carbocycles. The lowest BCUT2D eigenvalue weighted by molar-refractivity contribution is -0.151. The maximum absolute atomic E-state index is 12.9. The first-order valence-electron chi connectivity index (χ1n) is 27.4. The van der Waals surface area contributed by atoms with Gasteiger partial charge in [0.2, 0.25) is 0 Å². The highest BCUT2D eigenvalue weighted by Gasteiger charge is 2.21. The zero-order valence-electron chi connectivity index (χ0n) is 42.7. The Kier molecular flexibility index (Phi) is 42.5. The molecule has 0 spiro atoms. The summed E-state index contributed by atoms with van der Waals surface area (Å²) in [5.41, 5.74) is 0. The van der Waals surface area contributed by atoms with Crippen LogP contribution in [0.25, 0.3) is 0 Å². The highest BCUT2D eigenvalue weighted by Crippen LogP contribution is 2.21. The van der Waals surface area contributed by atoms with Crippen molar-refractivity contribution in [2.24, 2.45) is 11.8 Å². The highest BCUT2D eigenvalue weighted by atomic mass is 16.7. The highest BCUT2D eigenvalue weighted by molar-refractivity contribution is 5.72. The van der Waals surface area contributed by atoms with Gasteiger partial charge in [-0.25, -0.2) is 4.79 Å². The van der Waals surface area contributed by atoms with E-state index in [4.69, 9.17) is 28.4 Å². The van der Waals surface area contributed by atoms with Crippen molar-refractivity contribution in [3.05, 3.63) is 0 Å². The molecule has 0 amide bonds. The molecule has 66 heavy (non-hydrogen) atoms. The molecule has 2 atom stereocenters. The van der Waals surface area contributed by atoms with Crippen LogP contribution in [0.4, 0.5) is 4.79 Å². The van der Waals surface area contributed by atoms with Crippen LogP contribution < -0.4 is 0 Å². The molecule has 0 aromatic rings. The Morgan fingerprint density at radius 3 is 1.32 bits per heavy atom. The van der Waals surface area contributed by atoms with E-state index in [1.54, 1.807) is 0 Å². The maximum Gasteiger partial charge on any atom is 0.508 e. The molecule has 12 heteroatoms. The fourth-order valence-electron chi connectivity index (χ4n) is 8.34. The molecule has 1 heterocycles. The average molecular weight is 938 g/mol. The van der Waals surface area contributed by atoms with E-state index in [1.807, 2.05) is 0 Å². The van der Waals surface area contributed by atoms with Gasteiger partial charge in [0, 0.05) is 25.8 Å². The van der Waals surface area contributed by atoms with Gasteiger partial charge in [0.1, 0.15) is 19.8 Å². The van der Waals surface area contributed by atoms with Gasteiger partial charge in [0.05, 0.1) is 31.7 Å². The van der Waals surface area contributed by atoms with Gasteiger partial charge >= 0.3 is 30.0 Å². The molecule has 0 saturated carbocycles. The zero-order chi connectivity index (χ0) is 48.0. The van der Waals surface area contributed by atoms with E-state index in [0.717, 1.165) is 90.3 Å². The Labute approximate surface area is 402 Å². The molecule has 0 aromatic heterocycles. The monoisotopic (exact) mass is 938 g/mol. The van der Waals surface area contributed by atoms with E-state index < -0.39 is 18.0 Å². The second kappa shape index (κ2) is 45.9. The van der Waals surface area contributed by atoms with E-state index in [2.05, 4.69) is 25.7 Å². The van der Waals surface area contributed by atoms with Crippen LogP contribution in [0.5, 0.6) is 0 Å². The van der Waals surface area contributed by atoms with Gasteiger partial charge in [-0.1, -0.05) is 162 Å². The molecule has 12 nitrogen and oxygen atoms in total. The van der Waals surface area contributed by atoms with Crippen molar-refractivity contribution in [2.75, 3.05) is 59.3 Å². The van der Waals surface area contributed by atoms with Crippen molar-refractivity contribution < 1.29 is 52.4 Å². The van der Waals surface area contributed by atoms with Crippen LogP contribution in [-0.4, -0.2) is 94.2 Å². The molecular weight excluding hydrogens is 839 g/mol. The van der Waals surface area contributed by atoms with Gasteiger partial charge < -0.3 is 33.3 Å². The van der Waals surface area contributed by atoms with Crippen molar-refractivity contribution in [1.29, 1.82) is 0 Å². The Bertz CT molecular complexity index is 1180. The van der Waals surface area contributed by atoms with Crippen LogP contribution in [0.3, 0.4) is 0 Å². The van der Waals surface area contributed by atoms with Crippen LogP contribution in [0, 0.1) is 11.8 Å². The minimum Gasteiger partial charge on any atom is -0.466 e. The van der Waals surface area contributed by atoms with Gasteiger partial charge in [-0.15, -0.1) is 0 Å². The Morgan fingerprint density at radius 2 is 0.788 bits per heavy atom. The smallest absolute Gasteiger partial charge is 0.466 e. The van der Waals surface area contributed by atoms with Gasteiger partial charge in [0.15, 0.2) is 0 Å². The molecule has 2 unspecified atom stereocenters. The summed E-state index contributed by atoms with van der Waals surface area (Å²) in [6.45, 7) is 10.6. The van der Waals surface area contributed by atoms with E-state index in [9.17, 15) is 24.0 Å². The summed E-state index contributed by atoms with van der Waals surface area (Å²) in [6, 6.07) is 0. The summed E-state index contributed by atoms with van der Waals surface area (Å²) in [4.78, 5) is 65.1.